The zero-order valence-corrected chi connectivity index (χ0v) is 13.2. The van der Waals surface area contributed by atoms with Crippen LogP contribution in [0.5, 0.6) is 0 Å². The third kappa shape index (κ3) is 3.64. The molecule has 0 aliphatic rings. The van der Waals surface area contributed by atoms with Crippen molar-refractivity contribution in [3.63, 3.8) is 0 Å². The van der Waals surface area contributed by atoms with Crippen LogP contribution in [0.1, 0.15) is 32.4 Å². The van der Waals surface area contributed by atoms with Crippen molar-refractivity contribution in [2.45, 2.75) is 26.7 Å². The molecule has 0 radical (unpaired) electrons. The van der Waals surface area contributed by atoms with E-state index in [4.69, 9.17) is 11.6 Å². The van der Waals surface area contributed by atoms with E-state index in [0.29, 0.717) is 5.15 Å². The molecule has 4 nitrogen and oxygen atoms in total. The van der Waals surface area contributed by atoms with Gasteiger partial charge in [0.1, 0.15) is 5.65 Å². The average Bonchev–Trinajstić information content (AvgIpc) is 2.80. The van der Waals surface area contributed by atoms with Crippen LogP contribution >= 0.6 is 11.6 Å². The number of amides is 1. The number of halogens is 1. The van der Waals surface area contributed by atoms with E-state index in [1.807, 2.05) is 33.7 Å². The zero-order chi connectivity index (χ0) is 15.2. The number of pyridine rings is 1. The maximum atomic E-state index is 12.2. The molecule has 0 unspecified atom stereocenters. The van der Waals surface area contributed by atoms with Crippen molar-refractivity contribution in [3.05, 3.63) is 41.3 Å². The standard InChI is InChI=1S/C16H20ClN3O/c1-3-10-19(11-4-2)15(21)9-8-13-16(17)18-14-7-5-6-12-20(13)14/h5-9,12H,3-4,10-11H2,1-2H3. The van der Waals surface area contributed by atoms with E-state index < -0.39 is 0 Å². The predicted octanol–water partition coefficient (Wildman–Crippen LogP) is 3.65. The smallest absolute Gasteiger partial charge is 0.246 e. The number of hydrogen-bond acceptors (Lipinski definition) is 2. The van der Waals surface area contributed by atoms with Crippen molar-refractivity contribution in [2.75, 3.05) is 13.1 Å². The van der Waals surface area contributed by atoms with Gasteiger partial charge in [0.2, 0.25) is 5.91 Å². The van der Waals surface area contributed by atoms with Crippen LogP contribution < -0.4 is 0 Å². The molecule has 1 amide bonds. The fourth-order valence-corrected chi connectivity index (χ4v) is 2.50. The van der Waals surface area contributed by atoms with Crippen molar-refractivity contribution in [1.82, 2.24) is 14.3 Å². The van der Waals surface area contributed by atoms with Crippen molar-refractivity contribution in [3.8, 4) is 0 Å². The Hall–Kier alpha value is -1.81. The van der Waals surface area contributed by atoms with Crippen LogP contribution in [0.4, 0.5) is 0 Å². The quantitative estimate of drug-likeness (QED) is 0.764. The SMILES string of the molecule is CCCN(CCC)C(=O)C=Cc1c(Cl)nc2ccccn12. The van der Waals surface area contributed by atoms with Crippen molar-refractivity contribution in [1.29, 1.82) is 0 Å². The Morgan fingerprint density at radius 3 is 2.71 bits per heavy atom. The topological polar surface area (TPSA) is 37.6 Å². The number of nitrogens with zero attached hydrogens (tertiary/aromatic N) is 3. The molecule has 0 saturated carbocycles. The number of imidazole rings is 1. The molecular weight excluding hydrogens is 286 g/mol. The van der Waals surface area contributed by atoms with Gasteiger partial charge in [0.25, 0.3) is 0 Å². The second kappa shape index (κ2) is 7.27. The van der Waals surface area contributed by atoms with Gasteiger partial charge in [-0.3, -0.25) is 9.20 Å². The highest BCUT2D eigenvalue weighted by Crippen LogP contribution is 2.19. The lowest BCUT2D eigenvalue weighted by Gasteiger charge is -2.19. The van der Waals surface area contributed by atoms with E-state index in [0.717, 1.165) is 37.3 Å². The molecule has 21 heavy (non-hydrogen) atoms. The average molecular weight is 306 g/mol. The Morgan fingerprint density at radius 2 is 2.05 bits per heavy atom. The molecule has 2 rings (SSSR count). The lowest BCUT2D eigenvalue weighted by atomic mass is 10.3. The maximum Gasteiger partial charge on any atom is 0.246 e. The van der Waals surface area contributed by atoms with Crippen LogP contribution in [0.3, 0.4) is 0 Å². The summed E-state index contributed by atoms with van der Waals surface area (Å²) in [5.74, 6) is 0.0145. The van der Waals surface area contributed by atoms with Crippen molar-refractivity contribution < 1.29 is 4.79 Å². The van der Waals surface area contributed by atoms with Gasteiger partial charge in [0, 0.05) is 25.4 Å². The van der Waals surface area contributed by atoms with Crippen molar-refractivity contribution >= 4 is 29.2 Å². The summed E-state index contributed by atoms with van der Waals surface area (Å²) >= 11 is 6.14. The number of fused-ring (bicyclic) bond motifs is 1. The molecule has 0 aliphatic carbocycles. The lowest BCUT2D eigenvalue weighted by molar-refractivity contribution is -0.126. The first-order valence-electron chi connectivity index (χ1n) is 7.27. The molecule has 2 heterocycles. The van der Waals surface area contributed by atoms with E-state index in [2.05, 4.69) is 18.8 Å². The number of carbonyl (C=O) groups excluding carboxylic acids is 1. The number of rotatable bonds is 6. The molecule has 0 spiro atoms. The van der Waals surface area contributed by atoms with Gasteiger partial charge in [-0.2, -0.15) is 0 Å². The molecule has 0 bridgehead atoms. The van der Waals surface area contributed by atoms with Gasteiger partial charge in [-0.15, -0.1) is 0 Å². The van der Waals surface area contributed by atoms with Gasteiger partial charge in [-0.1, -0.05) is 31.5 Å². The molecular formula is C16H20ClN3O. The fourth-order valence-electron chi connectivity index (χ4n) is 2.26. The highest BCUT2D eigenvalue weighted by Gasteiger charge is 2.10. The van der Waals surface area contributed by atoms with Gasteiger partial charge in [0.15, 0.2) is 5.15 Å². The third-order valence-corrected chi connectivity index (χ3v) is 3.48. The van der Waals surface area contributed by atoms with E-state index >= 15 is 0 Å². The number of carbonyl (C=O) groups is 1. The molecule has 0 fully saturated rings. The zero-order valence-electron chi connectivity index (χ0n) is 12.4. The van der Waals surface area contributed by atoms with Crippen molar-refractivity contribution in [2.24, 2.45) is 0 Å². The first-order valence-corrected chi connectivity index (χ1v) is 7.64. The number of hydrogen-bond donors (Lipinski definition) is 0. The highest BCUT2D eigenvalue weighted by atomic mass is 35.5. The van der Waals surface area contributed by atoms with Crippen LogP contribution in [0.15, 0.2) is 30.5 Å². The summed E-state index contributed by atoms with van der Waals surface area (Å²) < 4.78 is 1.87. The Morgan fingerprint density at radius 1 is 1.33 bits per heavy atom. The van der Waals surface area contributed by atoms with E-state index in [-0.39, 0.29) is 5.91 Å². The van der Waals surface area contributed by atoms with Crippen LogP contribution in [0.2, 0.25) is 5.15 Å². The molecule has 2 aromatic rings. The molecule has 112 valence electrons. The lowest BCUT2D eigenvalue weighted by Crippen LogP contribution is -2.30. The molecule has 0 atom stereocenters. The summed E-state index contributed by atoms with van der Waals surface area (Å²) in [5.41, 5.74) is 1.50. The summed E-state index contributed by atoms with van der Waals surface area (Å²) in [5, 5.41) is 0.405. The second-order valence-corrected chi connectivity index (χ2v) is 5.23. The number of aromatic nitrogens is 2. The molecule has 0 aromatic carbocycles. The third-order valence-electron chi connectivity index (χ3n) is 3.20. The summed E-state index contributed by atoms with van der Waals surface area (Å²) in [4.78, 5) is 18.3. The van der Waals surface area contributed by atoms with Gasteiger partial charge < -0.3 is 4.90 Å². The Balaban J connectivity index is 2.22. The van der Waals surface area contributed by atoms with Gasteiger partial charge in [-0.25, -0.2) is 4.98 Å². The molecule has 0 aliphatic heterocycles. The summed E-state index contributed by atoms with van der Waals surface area (Å²) in [7, 11) is 0. The van der Waals surface area contributed by atoms with Crippen LogP contribution in [-0.4, -0.2) is 33.3 Å². The van der Waals surface area contributed by atoms with Crippen LogP contribution in [0.25, 0.3) is 11.7 Å². The van der Waals surface area contributed by atoms with Gasteiger partial charge in [-0.05, 0) is 31.1 Å². The minimum absolute atomic E-state index is 0.0145. The molecule has 2 aromatic heterocycles. The Bertz CT molecular complexity index is 642. The summed E-state index contributed by atoms with van der Waals surface area (Å²) in [6.07, 6.45) is 7.11. The minimum Gasteiger partial charge on any atom is -0.339 e. The Labute approximate surface area is 130 Å². The fraction of sp³-hybridized carbons (Fsp3) is 0.375. The largest absolute Gasteiger partial charge is 0.339 e. The first-order chi connectivity index (χ1) is 10.2. The predicted molar refractivity (Wildman–Crippen MR) is 86.4 cm³/mol. The summed E-state index contributed by atoms with van der Waals surface area (Å²) in [6, 6.07) is 5.69. The van der Waals surface area contributed by atoms with E-state index in [1.165, 1.54) is 0 Å². The maximum absolute atomic E-state index is 12.2. The summed E-state index contributed by atoms with van der Waals surface area (Å²) in [6.45, 7) is 5.69. The van der Waals surface area contributed by atoms with Gasteiger partial charge in [0.05, 0.1) is 5.69 Å². The van der Waals surface area contributed by atoms with E-state index in [1.54, 1.807) is 12.2 Å². The Kier molecular flexibility index (Phi) is 5.39. The van der Waals surface area contributed by atoms with Gasteiger partial charge >= 0.3 is 0 Å². The first kappa shape index (κ1) is 15.6. The van der Waals surface area contributed by atoms with Crippen LogP contribution in [-0.2, 0) is 4.79 Å². The monoisotopic (exact) mass is 305 g/mol. The minimum atomic E-state index is 0.0145. The highest BCUT2D eigenvalue weighted by molar-refractivity contribution is 6.31. The second-order valence-electron chi connectivity index (χ2n) is 4.88. The molecule has 0 N–H and O–H groups in total. The molecule has 5 heteroatoms. The normalized spacial score (nSPS) is 11.4. The van der Waals surface area contributed by atoms with Crippen LogP contribution in [0, 0.1) is 0 Å². The molecule has 0 saturated heterocycles. The van der Waals surface area contributed by atoms with E-state index in [9.17, 15) is 4.79 Å².